The molecule has 1 aliphatic carbocycles. The van der Waals surface area contributed by atoms with Gasteiger partial charge in [0, 0.05) is 31.0 Å². The van der Waals surface area contributed by atoms with Crippen LogP contribution in [0.3, 0.4) is 0 Å². The molecule has 1 saturated carbocycles. The Morgan fingerprint density at radius 1 is 1.08 bits per heavy atom. The first-order valence-corrected chi connectivity index (χ1v) is 13.9. The summed E-state index contributed by atoms with van der Waals surface area (Å²) >= 11 is 0. The molecule has 190 valence electrons. The molecule has 8 heteroatoms. The molecule has 0 spiro atoms. The van der Waals surface area contributed by atoms with Crippen molar-refractivity contribution >= 4 is 33.4 Å². The van der Waals surface area contributed by atoms with Crippen LogP contribution >= 0.6 is 0 Å². The highest BCUT2D eigenvalue weighted by Gasteiger charge is 2.26. The Morgan fingerprint density at radius 3 is 2.50 bits per heavy atom. The van der Waals surface area contributed by atoms with E-state index in [1.807, 2.05) is 42.3 Å². The predicted octanol–water partition coefficient (Wildman–Crippen LogP) is 3.47. The Labute approximate surface area is 213 Å². The zero-order valence-electron chi connectivity index (χ0n) is 20.8. The summed E-state index contributed by atoms with van der Waals surface area (Å²) in [6.07, 6.45) is 5.23. The Balaban J connectivity index is 1.30. The second-order valence-electron chi connectivity index (χ2n) is 9.71. The molecule has 7 nitrogen and oxygen atoms in total. The third-order valence-electron chi connectivity index (χ3n) is 6.92. The molecule has 1 fully saturated rings. The maximum atomic E-state index is 12.8. The maximum Gasteiger partial charge on any atom is 0.253 e. The first-order valence-electron chi connectivity index (χ1n) is 12.3. The van der Waals surface area contributed by atoms with E-state index in [1.165, 1.54) is 12.1 Å². The van der Waals surface area contributed by atoms with Gasteiger partial charge in [-0.25, -0.2) is 8.42 Å². The third-order valence-corrected chi connectivity index (χ3v) is 8.55. The Bertz CT molecular complexity index is 1300. The molecule has 2 atom stereocenters. The Morgan fingerprint density at radius 2 is 1.81 bits per heavy atom. The highest BCUT2D eigenvalue weighted by molar-refractivity contribution is 7.92. The summed E-state index contributed by atoms with van der Waals surface area (Å²) in [6, 6.07) is 14.4. The van der Waals surface area contributed by atoms with Crippen molar-refractivity contribution in [2.24, 2.45) is 5.92 Å². The number of likely N-dealkylation sites (N-methyl/N-ethyl adjacent to an activating group) is 1. The van der Waals surface area contributed by atoms with Gasteiger partial charge in [-0.15, -0.1) is 0 Å². The van der Waals surface area contributed by atoms with Gasteiger partial charge in [0.1, 0.15) is 5.75 Å². The standard InChI is InChI=1S/C28H33N3O4S/c1-19-8-11-23(16-19)30-27(32)18-36(34,35)24-12-9-21(10-13-24)14-15-29-28(33)25-17-22-6-4-5-7-26(22)31(3)20(25)2/h4-7,9-10,12-13,17,19,23H,2,8,11,14-16,18H2,1,3H3,(H,29,33)(H,30,32)/t19?,23-/m1/s1. The lowest BCUT2D eigenvalue weighted by Crippen LogP contribution is -2.37. The summed E-state index contributed by atoms with van der Waals surface area (Å²) in [4.78, 5) is 27.1. The minimum Gasteiger partial charge on any atom is -0.352 e. The Hall–Kier alpha value is -3.39. The van der Waals surface area contributed by atoms with Crippen molar-refractivity contribution in [3.05, 3.63) is 77.5 Å². The largest absolute Gasteiger partial charge is 0.352 e. The first-order chi connectivity index (χ1) is 17.1. The van der Waals surface area contributed by atoms with Crippen LogP contribution in [0.1, 0.15) is 37.3 Å². The van der Waals surface area contributed by atoms with Gasteiger partial charge in [0.15, 0.2) is 9.84 Å². The van der Waals surface area contributed by atoms with Crippen LogP contribution < -0.4 is 15.5 Å². The number of nitrogens with one attached hydrogen (secondary N) is 2. The zero-order valence-corrected chi connectivity index (χ0v) is 21.6. The molecule has 2 N–H and O–H groups in total. The number of amides is 2. The molecular formula is C28H33N3O4S. The van der Waals surface area contributed by atoms with Crippen molar-refractivity contribution in [1.82, 2.24) is 10.6 Å². The fourth-order valence-electron chi connectivity index (χ4n) is 4.82. The van der Waals surface area contributed by atoms with Gasteiger partial charge < -0.3 is 15.5 Å². The number of hydrogen-bond acceptors (Lipinski definition) is 5. The maximum absolute atomic E-state index is 12.8. The van der Waals surface area contributed by atoms with Crippen molar-refractivity contribution < 1.29 is 18.0 Å². The van der Waals surface area contributed by atoms with Gasteiger partial charge in [0.25, 0.3) is 5.91 Å². The number of carbonyl (C=O) groups excluding carboxylic acids is 2. The summed E-state index contributed by atoms with van der Waals surface area (Å²) in [6.45, 7) is 6.59. The van der Waals surface area contributed by atoms with Crippen LogP contribution in [0.15, 0.2) is 71.3 Å². The van der Waals surface area contributed by atoms with Crippen LogP contribution in [0.25, 0.3) is 6.08 Å². The van der Waals surface area contributed by atoms with Crippen LogP contribution in [0.5, 0.6) is 0 Å². The molecule has 2 aromatic rings. The van der Waals surface area contributed by atoms with E-state index in [-0.39, 0.29) is 16.8 Å². The average molecular weight is 508 g/mol. The highest BCUT2D eigenvalue weighted by atomic mass is 32.2. The lowest BCUT2D eigenvalue weighted by molar-refractivity contribution is -0.119. The molecule has 2 aliphatic rings. The molecule has 0 aromatic heterocycles. The summed E-state index contributed by atoms with van der Waals surface area (Å²) in [5.74, 6) is -0.652. The fraction of sp³-hybridized carbons (Fsp3) is 0.357. The molecule has 1 unspecified atom stereocenters. The summed E-state index contributed by atoms with van der Waals surface area (Å²) in [7, 11) is -1.83. The van der Waals surface area contributed by atoms with E-state index in [1.54, 1.807) is 12.1 Å². The Kier molecular flexibility index (Phi) is 7.64. The number of carbonyl (C=O) groups is 2. The van der Waals surface area contributed by atoms with E-state index in [2.05, 4.69) is 24.1 Å². The van der Waals surface area contributed by atoms with Crippen LogP contribution in [0.2, 0.25) is 0 Å². The molecule has 2 amide bonds. The molecule has 1 aliphatic heterocycles. The molecule has 36 heavy (non-hydrogen) atoms. The second kappa shape index (κ2) is 10.7. The van der Waals surface area contributed by atoms with Crippen molar-refractivity contribution in [3.63, 3.8) is 0 Å². The van der Waals surface area contributed by atoms with E-state index < -0.39 is 21.5 Å². The van der Waals surface area contributed by atoms with E-state index >= 15 is 0 Å². The zero-order chi connectivity index (χ0) is 25.9. The number of anilines is 1. The van der Waals surface area contributed by atoms with E-state index in [0.29, 0.717) is 30.2 Å². The topological polar surface area (TPSA) is 95.6 Å². The lowest BCUT2D eigenvalue weighted by Gasteiger charge is -2.29. The molecule has 0 radical (unpaired) electrons. The summed E-state index contributed by atoms with van der Waals surface area (Å²) in [5, 5.41) is 5.78. The van der Waals surface area contributed by atoms with E-state index in [4.69, 9.17) is 0 Å². The average Bonchev–Trinajstić information content (AvgIpc) is 3.25. The van der Waals surface area contributed by atoms with Gasteiger partial charge in [0.2, 0.25) is 5.91 Å². The van der Waals surface area contributed by atoms with Crippen LogP contribution in [-0.4, -0.2) is 45.6 Å². The van der Waals surface area contributed by atoms with Gasteiger partial charge >= 0.3 is 0 Å². The van der Waals surface area contributed by atoms with Gasteiger partial charge in [-0.2, -0.15) is 0 Å². The molecule has 4 rings (SSSR count). The number of para-hydroxylation sites is 1. The number of rotatable bonds is 8. The number of hydrogen-bond donors (Lipinski definition) is 2. The monoisotopic (exact) mass is 507 g/mol. The molecular weight excluding hydrogens is 474 g/mol. The van der Waals surface area contributed by atoms with Gasteiger partial charge in [-0.1, -0.05) is 43.8 Å². The minimum atomic E-state index is -3.72. The van der Waals surface area contributed by atoms with Crippen LogP contribution in [0.4, 0.5) is 5.69 Å². The quantitative estimate of drug-likeness (QED) is 0.571. The summed E-state index contributed by atoms with van der Waals surface area (Å²) in [5.41, 5.74) is 3.99. The second-order valence-corrected chi connectivity index (χ2v) is 11.7. The smallest absolute Gasteiger partial charge is 0.253 e. The molecule has 1 heterocycles. The summed E-state index contributed by atoms with van der Waals surface area (Å²) < 4.78 is 25.4. The number of fused-ring (bicyclic) bond motifs is 1. The SMILES string of the molecule is C=C1C(C(=O)NCCc2ccc(S(=O)(=O)CC(=O)N[C@@H]3CCC(C)C3)cc2)=Cc2ccccc2N1C. The molecule has 2 aromatic carbocycles. The highest BCUT2D eigenvalue weighted by Crippen LogP contribution is 2.32. The van der Waals surface area contributed by atoms with Gasteiger partial charge in [0.05, 0.1) is 10.5 Å². The van der Waals surface area contributed by atoms with Crippen molar-refractivity contribution in [3.8, 4) is 0 Å². The van der Waals surface area contributed by atoms with Crippen LogP contribution in [-0.2, 0) is 25.8 Å². The number of nitrogens with zero attached hydrogens (tertiary/aromatic N) is 1. The lowest BCUT2D eigenvalue weighted by atomic mass is 10.00. The van der Waals surface area contributed by atoms with Crippen LogP contribution in [0, 0.1) is 5.92 Å². The molecule has 0 bridgehead atoms. The number of benzene rings is 2. The van der Waals surface area contributed by atoms with Crippen molar-refractivity contribution in [2.45, 2.75) is 43.5 Å². The van der Waals surface area contributed by atoms with E-state index in [0.717, 1.165) is 36.1 Å². The minimum absolute atomic E-state index is 0.0666. The fourth-order valence-corrected chi connectivity index (χ4v) is 5.96. The predicted molar refractivity (Wildman–Crippen MR) is 142 cm³/mol. The van der Waals surface area contributed by atoms with Crippen molar-refractivity contribution in [1.29, 1.82) is 0 Å². The third kappa shape index (κ3) is 5.87. The number of sulfone groups is 1. The van der Waals surface area contributed by atoms with Gasteiger partial charge in [-0.3, -0.25) is 9.59 Å². The normalized spacial score (nSPS) is 19.4. The molecule has 0 saturated heterocycles. The van der Waals surface area contributed by atoms with E-state index in [9.17, 15) is 18.0 Å². The van der Waals surface area contributed by atoms with Gasteiger partial charge in [-0.05, 0) is 67.0 Å². The van der Waals surface area contributed by atoms with Crippen molar-refractivity contribution in [2.75, 3.05) is 24.2 Å². The first kappa shape index (κ1) is 25.7.